The third-order valence-electron chi connectivity index (χ3n) is 4.20. The largest absolute Gasteiger partial charge is 0.373 e. The molecule has 2 aliphatic rings. The second-order valence-electron chi connectivity index (χ2n) is 6.89. The van der Waals surface area contributed by atoms with E-state index in [0.717, 1.165) is 18.8 Å². The summed E-state index contributed by atoms with van der Waals surface area (Å²) in [6.07, 6.45) is 0.119. The Morgan fingerprint density at radius 3 is 2.86 bits per heavy atom. The van der Waals surface area contributed by atoms with Gasteiger partial charge in [0.2, 0.25) is 0 Å². The molecular formula is C15H24N4O2. The van der Waals surface area contributed by atoms with E-state index in [-0.39, 0.29) is 23.6 Å². The standard InChI is InChI=1S/C15H24N4O2/c1-10-7-11(17-19(10)15(2,3)4)14(20)18-5-6-21-13-9-16-8-12(13)18/h7,12-13,16H,5-6,8-9H2,1-4H3/t12-,13+/m1/s1. The number of hydrogen-bond acceptors (Lipinski definition) is 4. The van der Waals surface area contributed by atoms with Crippen LogP contribution in [0, 0.1) is 6.92 Å². The number of rotatable bonds is 1. The Hall–Kier alpha value is -1.40. The highest BCUT2D eigenvalue weighted by Gasteiger charge is 2.39. The second-order valence-corrected chi connectivity index (χ2v) is 6.89. The lowest BCUT2D eigenvalue weighted by Gasteiger charge is -2.36. The van der Waals surface area contributed by atoms with Crippen LogP contribution in [0.25, 0.3) is 0 Å². The molecule has 116 valence electrons. The highest BCUT2D eigenvalue weighted by molar-refractivity contribution is 5.92. The van der Waals surface area contributed by atoms with Gasteiger partial charge in [-0.15, -0.1) is 0 Å². The average Bonchev–Trinajstić information content (AvgIpc) is 3.02. The fourth-order valence-corrected chi connectivity index (χ4v) is 3.25. The molecule has 6 nitrogen and oxygen atoms in total. The van der Waals surface area contributed by atoms with E-state index in [2.05, 4.69) is 31.2 Å². The molecule has 1 amide bonds. The van der Waals surface area contributed by atoms with E-state index in [9.17, 15) is 4.79 Å². The van der Waals surface area contributed by atoms with Crippen LogP contribution in [0.3, 0.4) is 0 Å². The van der Waals surface area contributed by atoms with E-state index in [1.165, 1.54) is 0 Å². The Kier molecular flexibility index (Phi) is 3.53. The van der Waals surface area contributed by atoms with Crippen LogP contribution in [-0.4, -0.2) is 59.0 Å². The van der Waals surface area contributed by atoms with Gasteiger partial charge in [-0.3, -0.25) is 9.48 Å². The minimum absolute atomic E-state index is 0.0168. The Morgan fingerprint density at radius 1 is 1.43 bits per heavy atom. The van der Waals surface area contributed by atoms with E-state index >= 15 is 0 Å². The van der Waals surface area contributed by atoms with E-state index in [1.54, 1.807) is 0 Å². The minimum atomic E-state index is -0.120. The van der Waals surface area contributed by atoms with Crippen molar-refractivity contribution in [3.05, 3.63) is 17.5 Å². The van der Waals surface area contributed by atoms with Crippen LogP contribution >= 0.6 is 0 Å². The lowest BCUT2D eigenvalue weighted by molar-refractivity contribution is -0.0367. The highest BCUT2D eigenvalue weighted by Crippen LogP contribution is 2.22. The molecule has 6 heteroatoms. The molecule has 1 aromatic rings. The zero-order chi connectivity index (χ0) is 15.2. The minimum Gasteiger partial charge on any atom is -0.373 e. The van der Waals surface area contributed by atoms with E-state index in [0.29, 0.717) is 18.8 Å². The Bertz CT molecular complexity index is 546. The van der Waals surface area contributed by atoms with Gasteiger partial charge >= 0.3 is 0 Å². The van der Waals surface area contributed by atoms with Crippen LogP contribution in [0.2, 0.25) is 0 Å². The number of aryl methyl sites for hydroxylation is 1. The van der Waals surface area contributed by atoms with E-state index < -0.39 is 0 Å². The van der Waals surface area contributed by atoms with Crippen molar-refractivity contribution >= 4 is 5.91 Å². The molecule has 0 saturated carbocycles. The van der Waals surface area contributed by atoms with Crippen molar-refractivity contribution in [2.24, 2.45) is 0 Å². The van der Waals surface area contributed by atoms with Crippen LogP contribution in [0.1, 0.15) is 37.0 Å². The third-order valence-corrected chi connectivity index (χ3v) is 4.20. The summed E-state index contributed by atoms with van der Waals surface area (Å²) in [6.45, 7) is 11.1. The lowest BCUT2D eigenvalue weighted by atomic mass is 10.1. The van der Waals surface area contributed by atoms with Gasteiger partial charge in [0, 0.05) is 25.3 Å². The van der Waals surface area contributed by atoms with Crippen molar-refractivity contribution in [1.29, 1.82) is 0 Å². The fraction of sp³-hybridized carbons (Fsp3) is 0.733. The predicted molar refractivity (Wildman–Crippen MR) is 79.4 cm³/mol. The monoisotopic (exact) mass is 292 g/mol. The van der Waals surface area contributed by atoms with E-state index in [1.807, 2.05) is 22.6 Å². The topological polar surface area (TPSA) is 59.4 Å². The van der Waals surface area contributed by atoms with Crippen molar-refractivity contribution in [2.75, 3.05) is 26.2 Å². The van der Waals surface area contributed by atoms with Crippen molar-refractivity contribution in [2.45, 2.75) is 45.4 Å². The second kappa shape index (κ2) is 5.10. The molecule has 2 fully saturated rings. The quantitative estimate of drug-likeness (QED) is 0.830. The number of amides is 1. The summed E-state index contributed by atoms with van der Waals surface area (Å²) in [5.41, 5.74) is 1.43. The SMILES string of the molecule is Cc1cc(C(=O)N2CCO[C@H]3CNC[C@H]32)nn1C(C)(C)C. The lowest BCUT2D eigenvalue weighted by Crippen LogP contribution is -2.53. The fourth-order valence-electron chi connectivity index (χ4n) is 3.25. The Labute approximate surface area is 125 Å². The number of carbonyl (C=O) groups excluding carboxylic acids is 1. The van der Waals surface area contributed by atoms with Gasteiger partial charge in [-0.1, -0.05) is 0 Å². The number of nitrogens with zero attached hydrogens (tertiary/aromatic N) is 3. The summed E-state index contributed by atoms with van der Waals surface area (Å²) in [6, 6.07) is 2.02. The number of nitrogens with one attached hydrogen (secondary N) is 1. The van der Waals surface area contributed by atoms with Crippen LogP contribution in [0.5, 0.6) is 0 Å². The van der Waals surface area contributed by atoms with E-state index in [4.69, 9.17) is 4.74 Å². The molecule has 0 spiro atoms. The zero-order valence-corrected chi connectivity index (χ0v) is 13.2. The highest BCUT2D eigenvalue weighted by atomic mass is 16.5. The molecule has 0 aliphatic carbocycles. The van der Waals surface area contributed by atoms with Gasteiger partial charge in [0.05, 0.1) is 24.3 Å². The van der Waals surface area contributed by atoms with Crippen molar-refractivity contribution in [3.8, 4) is 0 Å². The molecule has 2 atom stereocenters. The summed E-state index contributed by atoms with van der Waals surface area (Å²) in [5.74, 6) is 0.0168. The third kappa shape index (κ3) is 2.58. The molecule has 0 radical (unpaired) electrons. The number of aromatic nitrogens is 2. The molecule has 3 rings (SSSR count). The normalized spacial score (nSPS) is 26.0. The van der Waals surface area contributed by atoms with Crippen molar-refractivity contribution < 1.29 is 9.53 Å². The van der Waals surface area contributed by atoms with Gasteiger partial charge in [0.25, 0.3) is 5.91 Å². The molecule has 21 heavy (non-hydrogen) atoms. The van der Waals surface area contributed by atoms with Gasteiger partial charge in [0.15, 0.2) is 5.69 Å². The van der Waals surface area contributed by atoms with Gasteiger partial charge in [-0.2, -0.15) is 5.10 Å². The first-order chi connectivity index (χ1) is 9.88. The van der Waals surface area contributed by atoms with Crippen LogP contribution in [0.4, 0.5) is 0 Å². The Morgan fingerprint density at radius 2 is 2.19 bits per heavy atom. The van der Waals surface area contributed by atoms with Gasteiger partial charge in [-0.25, -0.2) is 0 Å². The maximum absolute atomic E-state index is 12.8. The maximum atomic E-state index is 12.8. The zero-order valence-electron chi connectivity index (χ0n) is 13.2. The molecule has 0 unspecified atom stereocenters. The summed E-state index contributed by atoms with van der Waals surface area (Å²) in [4.78, 5) is 14.7. The predicted octanol–water partition coefficient (Wildman–Crippen LogP) is 0.759. The Balaban J connectivity index is 1.85. The van der Waals surface area contributed by atoms with Gasteiger partial charge in [-0.05, 0) is 33.8 Å². The summed E-state index contributed by atoms with van der Waals surface area (Å²) in [7, 11) is 0. The molecular weight excluding hydrogens is 268 g/mol. The van der Waals surface area contributed by atoms with Crippen molar-refractivity contribution in [3.63, 3.8) is 0 Å². The number of morpholine rings is 1. The van der Waals surface area contributed by atoms with Crippen molar-refractivity contribution in [1.82, 2.24) is 20.0 Å². The summed E-state index contributed by atoms with van der Waals surface area (Å²) < 4.78 is 7.64. The van der Waals surface area contributed by atoms with Gasteiger partial charge in [0.1, 0.15) is 0 Å². The number of hydrogen-bond donors (Lipinski definition) is 1. The van der Waals surface area contributed by atoms with Gasteiger partial charge < -0.3 is 15.0 Å². The molecule has 0 aromatic carbocycles. The van der Waals surface area contributed by atoms with Crippen LogP contribution < -0.4 is 5.32 Å². The summed E-state index contributed by atoms with van der Waals surface area (Å²) >= 11 is 0. The smallest absolute Gasteiger partial charge is 0.274 e. The molecule has 1 N–H and O–H groups in total. The molecule has 2 saturated heterocycles. The van der Waals surface area contributed by atoms with Crippen LogP contribution in [-0.2, 0) is 10.3 Å². The molecule has 2 aliphatic heterocycles. The first kappa shape index (κ1) is 14.5. The molecule has 0 bridgehead atoms. The number of fused-ring (bicyclic) bond motifs is 1. The van der Waals surface area contributed by atoms with Crippen LogP contribution in [0.15, 0.2) is 6.07 Å². The molecule has 1 aromatic heterocycles. The molecule has 3 heterocycles. The summed E-state index contributed by atoms with van der Waals surface area (Å²) in [5, 5.41) is 7.83. The first-order valence-electron chi connectivity index (χ1n) is 7.58. The first-order valence-corrected chi connectivity index (χ1v) is 7.58. The maximum Gasteiger partial charge on any atom is 0.274 e. The average molecular weight is 292 g/mol. The number of carbonyl (C=O) groups is 1. The number of ether oxygens (including phenoxy) is 1.